The molecule has 0 radical (unpaired) electrons. The van der Waals surface area contributed by atoms with Crippen molar-refractivity contribution >= 4 is 22.5 Å². The third-order valence-corrected chi connectivity index (χ3v) is 4.49. The van der Waals surface area contributed by atoms with Crippen LogP contribution in [-0.4, -0.2) is 29.9 Å². The monoisotopic (exact) mass is 370 g/mol. The molecule has 0 unspecified atom stereocenters. The Morgan fingerprint density at radius 2 is 2.16 bits per heavy atom. The molecule has 1 fully saturated rings. The van der Waals surface area contributed by atoms with Crippen molar-refractivity contribution in [2.75, 3.05) is 12.4 Å². The van der Waals surface area contributed by atoms with Gasteiger partial charge < -0.3 is 14.8 Å². The van der Waals surface area contributed by atoms with Crippen LogP contribution in [0.2, 0.25) is 0 Å². The molecule has 1 saturated carbocycles. The zero-order chi connectivity index (χ0) is 17.8. The summed E-state index contributed by atoms with van der Waals surface area (Å²) in [6.07, 6.45) is 2.22. The molecule has 0 spiro atoms. The fraction of sp³-hybridized carbons (Fsp3) is 0.400. The van der Waals surface area contributed by atoms with E-state index in [4.69, 9.17) is 4.74 Å². The second-order valence-corrected chi connectivity index (χ2v) is 6.40. The number of nitrogens with one attached hydrogen (secondary N) is 2. The standard InChI is InChI=1S/C15H16F2N4O3S/c1-23-10-5-2-8(6-11(10)24-13(16)17)7-18-14(22)19-15-21-20-12(25-15)9-3-4-9/h2,5-6,9,13H,3-4,7H2,1H3,(H2,18,19,21,22). The number of urea groups is 1. The van der Waals surface area contributed by atoms with Crippen molar-refractivity contribution in [3.8, 4) is 11.5 Å². The van der Waals surface area contributed by atoms with Crippen LogP contribution in [0.15, 0.2) is 18.2 Å². The number of alkyl halides is 2. The highest BCUT2D eigenvalue weighted by atomic mass is 32.1. The lowest BCUT2D eigenvalue weighted by Gasteiger charge is -2.12. The van der Waals surface area contributed by atoms with Gasteiger partial charge in [-0.15, -0.1) is 10.2 Å². The molecule has 1 heterocycles. The van der Waals surface area contributed by atoms with Crippen LogP contribution in [0.4, 0.5) is 18.7 Å². The minimum atomic E-state index is -2.96. The number of amides is 2. The Labute approximate surface area is 146 Å². The van der Waals surface area contributed by atoms with Crippen molar-refractivity contribution in [1.29, 1.82) is 0 Å². The number of anilines is 1. The van der Waals surface area contributed by atoms with Crippen molar-refractivity contribution < 1.29 is 23.0 Å². The molecule has 1 aliphatic carbocycles. The van der Waals surface area contributed by atoms with E-state index >= 15 is 0 Å². The smallest absolute Gasteiger partial charge is 0.387 e. The van der Waals surface area contributed by atoms with E-state index < -0.39 is 12.6 Å². The first-order chi connectivity index (χ1) is 12.0. The summed E-state index contributed by atoms with van der Waals surface area (Å²) >= 11 is 1.35. The zero-order valence-corrected chi connectivity index (χ0v) is 14.1. The maximum absolute atomic E-state index is 12.4. The largest absolute Gasteiger partial charge is 0.493 e. The average Bonchev–Trinajstić information content (AvgIpc) is 3.33. The van der Waals surface area contributed by atoms with Crippen molar-refractivity contribution in [3.05, 3.63) is 28.8 Å². The summed E-state index contributed by atoms with van der Waals surface area (Å²) in [4.78, 5) is 11.9. The van der Waals surface area contributed by atoms with Crippen LogP contribution in [0.5, 0.6) is 11.5 Å². The van der Waals surface area contributed by atoms with Crippen LogP contribution < -0.4 is 20.1 Å². The van der Waals surface area contributed by atoms with Gasteiger partial charge in [-0.1, -0.05) is 17.4 Å². The third-order valence-electron chi connectivity index (χ3n) is 3.48. The summed E-state index contributed by atoms with van der Waals surface area (Å²) in [5.41, 5.74) is 0.586. The number of hydrogen-bond acceptors (Lipinski definition) is 6. The van der Waals surface area contributed by atoms with E-state index in [1.54, 1.807) is 6.07 Å². The van der Waals surface area contributed by atoms with Gasteiger partial charge in [0.25, 0.3) is 0 Å². The molecule has 2 N–H and O–H groups in total. The van der Waals surface area contributed by atoms with Gasteiger partial charge in [0.15, 0.2) is 11.5 Å². The van der Waals surface area contributed by atoms with Crippen LogP contribution in [-0.2, 0) is 6.54 Å². The van der Waals surface area contributed by atoms with E-state index in [0.29, 0.717) is 16.6 Å². The van der Waals surface area contributed by atoms with Crippen LogP contribution in [0.1, 0.15) is 29.3 Å². The Balaban J connectivity index is 1.55. The molecule has 0 aliphatic heterocycles. The number of ether oxygens (including phenoxy) is 2. The number of carbonyl (C=O) groups is 1. The fourth-order valence-electron chi connectivity index (χ4n) is 2.12. The van der Waals surface area contributed by atoms with Gasteiger partial charge in [0.1, 0.15) is 5.01 Å². The van der Waals surface area contributed by atoms with Crippen LogP contribution in [0.25, 0.3) is 0 Å². The minimum absolute atomic E-state index is 0.0876. The number of nitrogens with zero attached hydrogens (tertiary/aromatic N) is 2. The lowest BCUT2D eigenvalue weighted by Crippen LogP contribution is -2.28. The summed E-state index contributed by atoms with van der Waals surface area (Å²) in [6.45, 7) is -2.83. The maximum Gasteiger partial charge on any atom is 0.387 e. The summed E-state index contributed by atoms with van der Waals surface area (Å²) in [5.74, 6) is 0.578. The minimum Gasteiger partial charge on any atom is -0.493 e. The molecule has 0 saturated heterocycles. The molecule has 2 amide bonds. The Morgan fingerprint density at radius 3 is 2.84 bits per heavy atom. The second-order valence-electron chi connectivity index (χ2n) is 5.39. The van der Waals surface area contributed by atoms with Crippen molar-refractivity contribution in [2.24, 2.45) is 0 Å². The van der Waals surface area contributed by atoms with Crippen molar-refractivity contribution in [2.45, 2.75) is 31.9 Å². The summed E-state index contributed by atoms with van der Waals surface area (Å²) in [7, 11) is 1.36. The molecule has 25 heavy (non-hydrogen) atoms. The lowest BCUT2D eigenvalue weighted by molar-refractivity contribution is -0.0512. The van der Waals surface area contributed by atoms with Gasteiger partial charge in [-0.25, -0.2) is 4.79 Å². The van der Waals surface area contributed by atoms with Gasteiger partial charge in [0.05, 0.1) is 7.11 Å². The predicted molar refractivity (Wildman–Crippen MR) is 87.4 cm³/mol. The molecule has 1 aliphatic rings. The number of methoxy groups -OCH3 is 1. The highest BCUT2D eigenvalue weighted by Gasteiger charge is 2.27. The topological polar surface area (TPSA) is 85.4 Å². The molecule has 134 valence electrons. The van der Waals surface area contributed by atoms with Crippen molar-refractivity contribution in [3.63, 3.8) is 0 Å². The molecule has 3 rings (SSSR count). The predicted octanol–water partition coefficient (Wildman–Crippen LogP) is 3.35. The molecular formula is C15H16F2N4O3S. The number of carbonyl (C=O) groups excluding carboxylic acids is 1. The number of benzene rings is 1. The molecule has 2 aromatic rings. The van der Waals surface area contributed by atoms with E-state index in [1.807, 2.05) is 0 Å². The van der Waals surface area contributed by atoms with E-state index in [1.165, 1.54) is 30.6 Å². The molecule has 0 bridgehead atoms. The first-order valence-electron chi connectivity index (χ1n) is 7.55. The first-order valence-corrected chi connectivity index (χ1v) is 8.37. The van der Waals surface area contributed by atoms with Crippen LogP contribution in [0, 0.1) is 0 Å². The van der Waals surface area contributed by atoms with E-state index in [-0.39, 0.29) is 18.0 Å². The van der Waals surface area contributed by atoms with E-state index in [2.05, 4.69) is 25.6 Å². The maximum atomic E-state index is 12.4. The van der Waals surface area contributed by atoms with Gasteiger partial charge >= 0.3 is 12.6 Å². The fourth-order valence-corrected chi connectivity index (χ4v) is 3.03. The average molecular weight is 370 g/mol. The first kappa shape index (κ1) is 17.3. The molecule has 0 atom stereocenters. The molecule has 1 aromatic carbocycles. The van der Waals surface area contributed by atoms with Gasteiger partial charge in [0, 0.05) is 12.5 Å². The third kappa shape index (κ3) is 4.75. The van der Waals surface area contributed by atoms with Gasteiger partial charge in [0.2, 0.25) is 5.13 Å². The number of aromatic nitrogens is 2. The highest BCUT2D eigenvalue weighted by molar-refractivity contribution is 7.15. The molecule has 1 aromatic heterocycles. The zero-order valence-electron chi connectivity index (χ0n) is 13.3. The van der Waals surface area contributed by atoms with Gasteiger partial charge in [-0.05, 0) is 30.5 Å². The second kappa shape index (κ2) is 7.60. The Morgan fingerprint density at radius 1 is 1.36 bits per heavy atom. The molecular weight excluding hydrogens is 354 g/mol. The summed E-state index contributed by atoms with van der Waals surface area (Å²) < 4.78 is 34.2. The van der Waals surface area contributed by atoms with Gasteiger partial charge in [-0.2, -0.15) is 8.78 Å². The highest BCUT2D eigenvalue weighted by Crippen LogP contribution is 2.42. The van der Waals surface area contributed by atoms with Crippen molar-refractivity contribution in [1.82, 2.24) is 15.5 Å². The lowest BCUT2D eigenvalue weighted by atomic mass is 10.2. The SMILES string of the molecule is COc1ccc(CNC(=O)Nc2nnc(C3CC3)s2)cc1OC(F)F. The van der Waals surface area contributed by atoms with Crippen LogP contribution >= 0.6 is 11.3 Å². The quantitative estimate of drug-likeness (QED) is 0.781. The summed E-state index contributed by atoms with van der Waals surface area (Å²) in [6, 6.07) is 4.08. The van der Waals surface area contributed by atoms with E-state index in [9.17, 15) is 13.6 Å². The van der Waals surface area contributed by atoms with E-state index in [0.717, 1.165) is 17.8 Å². The molecule has 7 nitrogen and oxygen atoms in total. The Hall–Kier alpha value is -2.49. The summed E-state index contributed by atoms with van der Waals surface area (Å²) in [5, 5.41) is 14.5. The Kier molecular flexibility index (Phi) is 5.27. The normalized spacial score (nSPS) is 13.6. The number of hydrogen-bond donors (Lipinski definition) is 2. The number of halogens is 2. The van der Waals surface area contributed by atoms with Crippen LogP contribution in [0.3, 0.4) is 0 Å². The Bertz CT molecular complexity index is 752. The number of rotatable bonds is 7. The van der Waals surface area contributed by atoms with Gasteiger partial charge in [-0.3, -0.25) is 5.32 Å². The molecule has 10 heteroatoms.